The van der Waals surface area contributed by atoms with Gasteiger partial charge in [-0.25, -0.2) is 9.78 Å². The number of carbonyl (C=O) groups excluding carboxylic acids is 1. The Morgan fingerprint density at radius 1 is 1.42 bits per heavy atom. The van der Waals surface area contributed by atoms with Crippen molar-refractivity contribution in [1.82, 2.24) is 34.5 Å². The number of amides is 2. The van der Waals surface area contributed by atoms with Crippen molar-refractivity contribution in [3.8, 4) is 0 Å². The van der Waals surface area contributed by atoms with Gasteiger partial charge in [0, 0.05) is 32.0 Å². The van der Waals surface area contributed by atoms with Crippen LogP contribution in [0, 0.1) is 0 Å². The van der Waals surface area contributed by atoms with E-state index >= 15 is 0 Å². The quantitative estimate of drug-likeness (QED) is 0.781. The van der Waals surface area contributed by atoms with Crippen LogP contribution in [-0.4, -0.2) is 53.5 Å². The van der Waals surface area contributed by atoms with E-state index < -0.39 is 0 Å². The summed E-state index contributed by atoms with van der Waals surface area (Å²) in [6.45, 7) is 6.34. The predicted molar refractivity (Wildman–Crippen MR) is 88.1 cm³/mol. The Morgan fingerprint density at radius 3 is 2.75 bits per heavy atom. The summed E-state index contributed by atoms with van der Waals surface area (Å²) in [5.41, 5.74) is 0. The van der Waals surface area contributed by atoms with Crippen molar-refractivity contribution in [2.24, 2.45) is 7.05 Å². The molecule has 0 radical (unpaired) electrons. The zero-order valence-electron chi connectivity index (χ0n) is 14.5. The lowest BCUT2D eigenvalue weighted by Gasteiger charge is -2.24. The predicted octanol–water partition coefficient (Wildman–Crippen LogP) is 0.858. The van der Waals surface area contributed by atoms with E-state index in [0.29, 0.717) is 12.4 Å². The number of aromatic nitrogens is 5. The van der Waals surface area contributed by atoms with Gasteiger partial charge in [0.2, 0.25) is 0 Å². The van der Waals surface area contributed by atoms with Crippen molar-refractivity contribution >= 4 is 6.03 Å². The molecule has 0 aliphatic heterocycles. The number of hydrogen-bond donors (Lipinski definition) is 2. The third-order valence-corrected chi connectivity index (χ3v) is 3.79. The van der Waals surface area contributed by atoms with Crippen LogP contribution in [0.2, 0.25) is 0 Å². The standard InChI is InChI=1S/C15H25N7O2/c1-11(2)22-10-17-19-14(22)12(3)18-15(24)21(7-8-23)9-13-16-5-6-20(13)4/h5-6,10-12,23H,7-9H2,1-4H3,(H,18,24). The molecule has 9 heteroatoms. The fourth-order valence-electron chi connectivity index (χ4n) is 2.39. The molecule has 2 aromatic heterocycles. The van der Waals surface area contributed by atoms with E-state index in [9.17, 15) is 9.90 Å². The minimum absolute atomic E-state index is 0.117. The van der Waals surface area contributed by atoms with Gasteiger partial charge in [-0.2, -0.15) is 0 Å². The molecular formula is C15H25N7O2. The van der Waals surface area contributed by atoms with E-state index in [1.807, 2.05) is 43.1 Å². The fraction of sp³-hybridized carbons (Fsp3) is 0.600. The minimum atomic E-state index is -0.301. The lowest BCUT2D eigenvalue weighted by Crippen LogP contribution is -2.43. The molecule has 1 atom stereocenters. The van der Waals surface area contributed by atoms with Gasteiger partial charge in [0.25, 0.3) is 0 Å². The summed E-state index contributed by atoms with van der Waals surface area (Å²) >= 11 is 0. The number of imidazole rings is 1. The van der Waals surface area contributed by atoms with Crippen LogP contribution in [0.15, 0.2) is 18.7 Å². The number of nitrogens with one attached hydrogen (secondary N) is 1. The van der Waals surface area contributed by atoms with Gasteiger partial charge in [-0.1, -0.05) is 0 Å². The van der Waals surface area contributed by atoms with E-state index in [1.54, 1.807) is 12.5 Å². The van der Waals surface area contributed by atoms with Gasteiger partial charge >= 0.3 is 6.03 Å². The van der Waals surface area contributed by atoms with E-state index in [0.717, 1.165) is 5.82 Å². The zero-order chi connectivity index (χ0) is 17.7. The number of aliphatic hydroxyl groups excluding tert-OH is 1. The Kier molecular flexibility index (Phi) is 5.91. The molecule has 0 aromatic carbocycles. The molecule has 0 aliphatic carbocycles. The fourth-order valence-corrected chi connectivity index (χ4v) is 2.39. The average molecular weight is 335 g/mol. The topological polar surface area (TPSA) is 101 Å². The lowest BCUT2D eigenvalue weighted by molar-refractivity contribution is 0.168. The maximum absolute atomic E-state index is 12.6. The highest BCUT2D eigenvalue weighted by Gasteiger charge is 2.21. The first-order chi connectivity index (χ1) is 11.4. The number of carbonyl (C=O) groups is 1. The molecule has 0 fully saturated rings. The van der Waals surface area contributed by atoms with Crippen LogP contribution in [0.25, 0.3) is 0 Å². The maximum atomic E-state index is 12.6. The largest absolute Gasteiger partial charge is 0.395 e. The molecule has 2 amide bonds. The van der Waals surface area contributed by atoms with Crippen molar-refractivity contribution < 1.29 is 9.90 Å². The Morgan fingerprint density at radius 2 is 2.17 bits per heavy atom. The second kappa shape index (κ2) is 7.91. The van der Waals surface area contributed by atoms with E-state index in [-0.39, 0.29) is 31.3 Å². The Hall–Kier alpha value is -2.42. The molecule has 0 spiro atoms. The Bertz CT molecular complexity index is 664. The summed E-state index contributed by atoms with van der Waals surface area (Å²) < 4.78 is 3.76. The average Bonchev–Trinajstić information content (AvgIpc) is 3.16. The van der Waals surface area contributed by atoms with Crippen LogP contribution in [0.3, 0.4) is 0 Å². The van der Waals surface area contributed by atoms with Gasteiger partial charge in [0.05, 0.1) is 19.2 Å². The smallest absolute Gasteiger partial charge is 0.318 e. The number of hydrogen-bond acceptors (Lipinski definition) is 5. The van der Waals surface area contributed by atoms with Gasteiger partial charge in [-0.05, 0) is 20.8 Å². The third-order valence-electron chi connectivity index (χ3n) is 3.79. The highest BCUT2D eigenvalue weighted by atomic mass is 16.3. The van der Waals surface area contributed by atoms with Gasteiger partial charge in [-0.15, -0.1) is 10.2 Å². The number of aliphatic hydroxyl groups is 1. The summed E-state index contributed by atoms with van der Waals surface area (Å²) in [4.78, 5) is 18.3. The van der Waals surface area contributed by atoms with Gasteiger partial charge < -0.3 is 24.5 Å². The van der Waals surface area contributed by atoms with Gasteiger partial charge in [0.15, 0.2) is 5.82 Å². The van der Waals surface area contributed by atoms with Crippen molar-refractivity contribution in [3.63, 3.8) is 0 Å². The third kappa shape index (κ3) is 4.10. The molecule has 9 nitrogen and oxygen atoms in total. The number of urea groups is 1. The zero-order valence-corrected chi connectivity index (χ0v) is 14.5. The summed E-state index contributed by atoms with van der Waals surface area (Å²) in [6.07, 6.45) is 5.15. The second-order valence-corrected chi connectivity index (χ2v) is 5.96. The Labute approximate surface area is 141 Å². The highest BCUT2D eigenvalue weighted by molar-refractivity contribution is 5.74. The number of aryl methyl sites for hydroxylation is 1. The van der Waals surface area contributed by atoms with Crippen molar-refractivity contribution in [2.45, 2.75) is 39.4 Å². The van der Waals surface area contributed by atoms with Crippen LogP contribution in [0.5, 0.6) is 0 Å². The first kappa shape index (κ1) is 17.9. The van der Waals surface area contributed by atoms with Crippen molar-refractivity contribution in [2.75, 3.05) is 13.2 Å². The van der Waals surface area contributed by atoms with E-state index in [1.165, 1.54) is 4.90 Å². The summed E-state index contributed by atoms with van der Waals surface area (Å²) in [7, 11) is 1.87. The summed E-state index contributed by atoms with van der Waals surface area (Å²) in [6, 6.07) is -0.377. The minimum Gasteiger partial charge on any atom is -0.395 e. The van der Waals surface area contributed by atoms with Gasteiger partial charge in [-0.3, -0.25) is 0 Å². The molecule has 132 valence electrons. The molecule has 2 rings (SSSR count). The molecule has 1 unspecified atom stereocenters. The molecule has 24 heavy (non-hydrogen) atoms. The van der Waals surface area contributed by atoms with Crippen LogP contribution < -0.4 is 5.32 Å². The van der Waals surface area contributed by atoms with Crippen LogP contribution in [-0.2, 0) is 13.6 Å². The van der Waals surface area contributed by atoms with Crippen LogP contribution in [0.4, 0.5) is 4.79 Å². The molecule has 2 heterocycles. The molecule has 2 N–H and O–H groups in total. The highest BCUT2D eigenvalue weighted by Crippen LogP contribution is 2.14. The van der Waals surface area contributed by atoms with Crippen molar-refractivity contribution in [1.29, 1.82) is 0 Å². The monoisotopic (exact) mass is 335 g/mol. The molecule has 0 saturated heterocycles. The van der Waals surface area contributed by atoms with Crippen LogP contribution >= 0.6 is 0 Å². The molecule has 0 saturated carbocycles. The summed E-state index contributed by atoms with van der Waals surface area (Å²) in [5.74, 6) is 1.44. The summed E-state index contributed by atoms with van der Waals surface area (Å²) in [5, 5.41) is 20.2. The number of rotatable bonds is 7. The Balaban J connectivity index is 2.07. The first-order valence-corrected chi connectivity index (χ1v) is 7.96. The van der Waals surface area contributed by atoms with Gasteiger partial charge in [0.1, 0.15) is 12.2 Å². The number of nitrogens with zero attached hydrogens (tertiary/aromatic N) is 6. The molecular weight excluding hydrogens is 310 g/mol. The molecule has 0 aliphatic rings. The maximum Gasteiger partial charge on any atom is 0.318 e. The van der Waals surface area contributed by atoms with E-state index in [2.05, 4.69) is 20.5 Å². The molecule has 2 aromatic rings. The molecule has 0 bridgehead atoms. The lowest BCUT2D eigenvalue weighted by atomic mass is 10.3. The van der Waals surface area contributed by atoms with Crippen LogP contribution in [0.1, 0.15) is 44.5 Å². The first-order valence-electron chi connectivity index (χ1n) is 7.96. The SMILES string of the molecule is CC(NC(=O)N(CCO)Cc1nccn1C)c1nncn1C(C)C. The van der Waals surface area contributed by atoms with E-state index in [4.69, 9.17) is 0 Å². The van der Waals surface area contributed by atoms with Crippen molar-refractivity contribution in [3.05, 3.63) is 30.4 Å². The normalized spacial score (nSPS) is 12.4. The second-order valence-electron chi connectivity index (χ2n) is 5.96.